The van der Waals surface area contributed by atoms with Crippen LogP contribution in [0.25, 0.3) is 0 Å². The highest BCUT2D eigenvalue weighted by Gasteiger charge is 2.45. The van der Waals surface area contributed by atoms with Crippen LogP contribution in [0.2, 0.25) is 0 Å². The molecule has 144 valence electrons. The van der Waals surface area contributed by atoms with Crippen molar-refractivity contribution in [1.29, 1.82) is 0 Å². The van der Waals surface area contributed by atoms with E-state index in [1.54, 1.807) is 0 Å². The Morgan fingerprint density at radius 1 is 1.27 bits per heavy atom. The van der Waals surface area contributed by atoms with E-state index in [0.29, 0.717) is 19.4 Å². The van der Waals surface area contributed by atoms with Gasteiger partial charge in [0.2, 0.25) is 5.91 Å². The molecule has 6 nitrogen and oxygen atoms in total. The molecule has 0 radical (unpaired) electrons. The van der Waals surface area contributed by atoms with Crippen LogP contribution in [0.15, 0.2) is 30.3 Å². The standard InChI is InChI=1S/C20H30N2O4/c1-19(2,3)26-20(17(21)23)11-7-10-16(12-20)13-22-18(24)25-14-15-8-5-4-6-9-15/h4-6,8-9,16H,7,10-14H2,1-3H3,(H2,21,23)(H,22,24). The van der Waals surface area contributed by atoms with Gasteiger partial charge in [0, 0.05) is 6.54 Å². The fourth-order valence-electron chi connectivity index (χ4n) is 3.48. The number of rotatable bonds is 6. The zero-order valence-corrected chi connectivity index (χ0v) is 15.9. The highest BCUT2D eigenvalue weighted by atomic mass is 16.5. The number of hydrogen-bond donors (Lipinski definition) is 2. The second-order valence-electron chi connectivity index (χ2n) is 7.98. The summed E-state index contributed by atoms with van der Waals surface area (Å²) in [7, 11) is 0. The second kappa shape index (κ2) is 8.54. The molecule has 0 bridgehead atoms. The maximum atomic E-state index is 12.1. The van der Waals surface area contributed by atoms with Gasteiger partial charge < -0.3 is 20.5 Å². The summed E-state index contributed by atoms with van der Waals surface area (Å²) in [4.78, 5) is 24.0. The van der Waals surface area contributed by atoms with Gasteiger partial charge in [-0.1, -0.05) is 30.3 Å². The smallest absolute Gasteiger partial charge is 0.407 e. The van der Waals surface area contributed by atoms with E-state index < -0.39 is 23.2 Å². The van der Waals surface area contributed by atoms with E-state index in [4.69, 9.17) is 15.2 Å². The fraction of sp³-hybridized carbons (Fsp3) is 0.600. The summed E-state index contributed by atoms with van der Waals surface area (Å²) in [6.45, 7) is 6.42. The first-order valence-electron chi connectivity index (χ1n) is 9.15. The number of hydrogen-bond acceptors (Lipinski definition) is 4. The first-order valence-corrected chi connectivity index (χ1v) is 9.15. The van der Waals surface area contributed by atoms with Crippen molar-refractivity contribution in [2.24, 2.45) is 11.7 Å². The first kappa shape index (κ1) is 20.2. The molecule has 1 fully saturated rings. The normalized spacial score (nSPS) is 23.3. The molecule has 26 heavy (non-hydrogen) atoms. The van der Waals surface area contributed by atoms with Crippen LogP contribution in [-0.4, -0.2) is 29.7 Å². The van der Waals surface area contributed by atoms with Gasteiger partial charge in [-0.3, -0.25) is 4.79 Å². The molecule has 1 aromatic carbocycles. The molecule has 1 aromatic rings. The third-order valence-electron chi connectivity index (χ3n) is 4.51. The molecule has 1 aliphatic carbocycles. The fourth-order valence-corrected chi connectivity index (χ4v) is 3.48. The van der Waals surface area contributed by atoms with Crippen molar-refractivity contribution < 1.29 is 19.1 Å². The first-order chi connectivity index (χ1) is 12.2. The molecule has 1 aliphatic rings. The molecule has 3 N–H and O–H groups in total. The second-order valence-corrected chi connectivity index (χ2v) is 7.98. The van der Waals surface area contributed by atoms with E-state index in [0.717, 1.165) is 18.4 Å². The van der Waals surface area contributed by atoms with E-state index in [2.05, 4.69) is 5.32 Å². The van der Waals surface area contributed by atoms with Gasteiger partial charge in [-0.15, -0.1) is 0 Å². The Labute approximate surface area is 155 Å². The quantitative estimate of drug-likeness (QED) is 0.813. The minimum Gasteiger partial charge on any atom is -0.445 e. The van der Waals surface area contributed by atoms with E-state index in [1.807, 2.05) is 51.1 Å². The Morgan fingerprint density at radius 3 is 2.58 bits per heavy atom. The molecule has 6 heteroatoms. The van der Waals surface area contributed by atoms with E-state index >= 15 is 0 Å². The maximum absolute atomic E-state index is 12.1. The maximum Gasteiger partial charge on any atom is 0.407 e. The Bertz CT molecular complexity index is 612. The number of benzene rings is 1. The molecule has 0 spiro atoms. The van der Waals surface area contributed by atoms with Crippen molar-refractivity contribution >= 4 is 12.0 Å². The molecule has 2 unspecified atom stereocenters. The monoisotopic (exact) mass is 362 g/mol. The highest BCUT2D eigenvalue weighted by molar-refractivity contribution is 5.83. The highest BCUT2D eigenvalue weighted by Crippen LogP contribution is 2.37. The van der Waals surface area contributed by atoms with Gasteiger partial charge in [-0.2, -0.15) is 0 Å². The molecular formula is C20H30N2O4. The van der Waals surface area contributed by atoms with Crippen LogP contribution in [-0.2, 0) is 20.9 Å². The summed E-state index contributed by atoms with van der Waals surface area (Å²) >= 11 is 0. The summed E-state index contributed by atoms with van der Waals surface area (Å²) in [5, 5.41) is 2.79. The lowest BCUT2D eigenvalue weighted by atomic mass is 9.77. The third-order valence-corrected chi connectivity index (χ3v) is 4.51. The lowest BCUT2D eigenvalue weighted by Crippen LogP contribution is -2.54. The van der Waals surface area contributed by atoms with Crippen LogP contribution in [0, 0.1) is 5.92 Å². The predicted octanol–water partition coefficient (Wildman–Crippen LogP) is 3.14. The molecule has 0 aliphatic heterocycles. The van der Waals surface area contributed by atoms with Gasteiger partial charge in [0.25, 0.3) is 0 Å². The molecule has 2 rings (SSSR count). The Kier molecular flexibility index (Phi) is 6.64. The van der Waals surface area contributed by atoms with Gasteiger partial charge in [0.1, 0.15) is 12.2 Å². The number of ether oxygens (including phenoxy) is 2. The van der Waals surface area contributed by atoms with Gasteiger partial charge in [-0.25, -0.2) is 4.79 Å². The van der Waals surface area contributed by atoms with Gasteiger partial charge in [0.15, 0.2) is 0 Å². The molecule has 0 aromatic heterocycles. The number of nitrogens with one attached hydrogen (secondary N) is 1. The molecule has 2 amide bonds. The topological polar surface area (TPSA) is 90.6 Å². The summed E-state index contributed by atoms with van der Waals surface area (Å²) in [6.07, 6.45) is 2.43. The van der Waals surface area contributed by atoms with Crippen molar-refractivity contribution in [3.05, 3.63) is 35.9 Å². The lowest BCUT2D eigenvalue weighted by Gasteiger charge is -2.42. The molecule has 2 atom stereocenters. The van der Waals surface area contributed by atoms with Crippen molar-refractivity contribution in [2.75, 3.05) is 6.54 Å². The van der Waals surface area contributed by atoms with Crippen LogP contribution in [0.1, 0.15) is 52.0 Å². The molecule has 0 heterocycles. The predicted molar refractivity (Wildman–Crippen MR) is 99.4 cm³/mol. The largest absolute Gasteiger partial charge is 0.445 e. The third kappa shape index (κ3) is 6.02. The average molecular weight is 362 g/mol. The van der Waals surface area contributed by atoms with Crippen molar-refractivity contribution in [1.82, 2.24) is 5.32 Å². The van der Waals surface area contributed by atoms with Gasteiger partial charge in [0.05, 0.1) is 5.60 Å². The van der Waals surface area contributed by atoms with Gasteiger partial charge in [-0.05, 0) is 57.9 Å². The van der Waals surface area contributed by atoms with Crippen LogP contribution in [0.3, 0.4) is 0 Å². The van der Waals surface area contributed by atoms with E-state index in [1.165, 1.54) is 0 Å². The minimum atomic E-state index is -0.962. The van der Waals surface area contributed by atoms with Crippen molar-refractivity contribution in [2.45, 2.75) is 64.3 Å². The summed E-state index contributed by atoms with van der Waals surface area (Å²) in [5.41, 5.74) is 5.18. The number of carbonyl (C=O) groups excluding carboxylic acids is 2. The summed E-state index contributed by atoms with van der Waals surface area (Å²) in [5.74, 6) is -0.299. The van der Waals surface area contributed by atoms with Crippen molar-refractivity contribution in [3.63, 3.8) is 0 Å². The number of carbonyl (C=O) groups is 2. The number of primary amides is 1. The summed E-state index contributed by atoms with van der Waals surface area (Å²) < 4.78 is 11.3. The molecule has 0 saturated heterocycles. The van der Waals surface area contributed by atoms with Crippen LogP contribution in [0.4, 0.5) is 4.79 Å². The average Bonchev–Trinajstić information content (AvgIpc) is 2.58. The van der Waals surface area contributed by atoms with Crippen LogP contribution >= 0.6 is 0 Å². The van der Waals surface area contributed by atoms with Crippen LogP contribution in [0.5, 0.6) is 0 Å². The molecule has 1 saturated carbocycles. The van der Waals surface area contributed by atoms with E-state index in [-0.39, 0.29) is 12.5 Å². The van der Waals surface area contributed by atoms with Gasteiger partial charge >= 0.3 is 6.09 Å². The Balaban J connectivity index is 1.85. The van der Waals surface area contributed by atoms with Crippen molar-refractivity contribution in [3.8, 4) is 0 Å². The zero-order chi connectivity index (χ0) is 19.2. The summed E-state index contributed by atoms with van der Waals surface area (Å²) in [6, 6.07) is 9.52. The van der Waals surface area contributed by atoms with Crippen LogP contribution < -0.4 is 11.1 Å². The SMILES string of the molecule is CC(C)(C)OC1(C(N)=O)CCCC(CNC(=O)OCc2ccccc2)C1. The Morgan fingerprint density at radius 2 is 1.96 bits per heavy atom. The lowest BCUT2D eigenvalue weighted by molar-refractivity contribution is -0.175. The number of amides is 2. The number of nitrogens with two attached hydrogens (primary N) is 1. The number of alkyl carbamates (subject to hydrolysis) is 1. The Hall–Kier alpha value is -2.08. The minimum absolute atomic E-state index is 0.128. The molecular weight excluding hydrogens is 332 g/mol. The zero-order valence-electron chi connectivity index (χ0n) is 15.9. The van der Waals surface area contributed by atoms with E-state index in [9.17, 15) is 9.59 Å².